The van der Waals surface area contributed by atoms with Gasteiger partial charge in [0.2, 0.25) is 11.5 Å². The number of ether oxygens (including phenoxy) is 5. The van der Waals surface area contributed by atoms with Gasteiger partial charge in [0.05, 0.1) is 40.0 Å². The van der Waals surface area contributed by atoms with Crippen molar-refractivity contribution < 1.29 is 38.2 Å². The van der Waals surface area contributed by atoms with E-state index in [9.17, 15) is 19.7 Å². The SMILES string of the molecule is CCCCOc1ccc(C(=O)NNC(=O)c2cc(OC)c(OC)c(OC)c2[N+](=O)[O-])cc1OC. The van der Waals surface area contributed by atoms with Crippen molar-refractivity contribution in [3.63, 3.8) is 0 Å². The monoisotopic (exact) mass is 477 g/mol. The van der Waals surface area contributed by atoms with Crippen LogP contribution in [0.5, 0.6) is 28.7 Å². The fourth-order valence-electron chi connectivity index (χ4n) is 3.00. The van der Waals surface area contributed by atoms with Gasteiger partial charge in [-0.2, -0.15) is 0 Å². The highest BCUT2D eigenvalue weighted by atomic mass is 16.6. The standard InChI is InChI=1S/C22H27N3O9/c1-6-7-10-34-15-9-8-13(11-16(15)30-2)21(26)23-24-22(27)14-12-17(31-3)19(32-4)20(33-5)18(14)25(28)29/h8-9,11-12H,6-7,10H2,1-5H3,(H,23,26)(H,24,27). The van der Waals surface area contributed by atoms with Crippen LogP contribution in [-0.4, -0.2) is 51.8 Å². The maximum Gasteiger partial charge on any atom is 0.327 e. The second-order valence-corrected chi connectivity index (χ2v) is 6.77. The van der Waals surface area contributed by atoms with Gasteiger partial charge in [-0.3, -0.25) is 30.6 Å². The van der Waals surface area contributed by atoms with Crippen molar-refractivity contribution in [1.29, 1.82) is 0 Å². The van der Waals surface area contributed by atoms with Gasteiger partial charge < -0.3 is 23.7 Å². The van der Waals surface area contributed by atoms with Gasteiger partial charge in [0, 0.05) is 11.6 Å². The first-order chi connectivity index (χ1) is 16.3. The number of benzene rings is 2. The Bertz CT molecular complexity index is 1060. The second-order valence-electron chi connectivity index (χ2n) is 6.77. The predicted molar refractivity (Wildman–Crippen MR) is 121 cm³/mol. The normalized spacial score (nSPS) is 10.1. The first kappa shape index (κ1) is 26.0. The topological polar surface area (TPSA) is 147 Å². The van der Waals surface area contributed by atoms with E-state index in [0.717, 1.165) is 18.9 Å². The Kier molecular flexibility index (Phi) is 9.29. The van der Waals surface area contributed by atoms with Gasteiger partial charge in [-0.25, -0.2) is 0 Å². The van der Waals surface area contributed by atoms with Crippen molar-refractivity contribution in [1.82, 2.24) is 10.9 Å². The molecular formula is C22H27N3O9. The third-order valence-corrected chi connectivity index (χ3v) is 4.70. The Hall–Kier alpha value is -4.22. The number of methoxy groups -OCH3 is 4. The summed E-state index contributed by atoms with van der Waals surface area (Å²) in [4.78, 5) is 36.2. The summed E-state index contributed by atoms with van der Waals surface area (Å²) >= 11 is 0. The maximum absolute atomic E-state index is 12.7. The lowest BCUT2D eigenvalue weighted by molar-refractivity contribution is -0.386. The Morgan fingerprint density at radius 3 is 2.09 bits per heavy atom. The van der Waals surface area contributed by atoms with E-state index in [4.69, 9.17) is 23.7 Å². The van der Waals surface area contributed by atoms with E-state index in [1.165, 1.54) is 40.6 Å². The van der Waals surface area contributed by atoms with Gasteiger partial charge >= 0.3 is 5.69 Å². The van der Waals surface area contributed by atoms with E-state index in [1.54, 1.807) is 6.07 Å². The van der Waals surface area contributed by atoms with Crippen LogP contribution >= 0.6 is 0 Å². The zero-order chi connectivity index (χ0) is 25.3. The van der Waals surface area contributed by atoms with Crippen LogP contribution in [0.4, 0.5) is 5.69 Å². The van der Waals surface area contributed by atoms with Crippen LogP contribution in [0, 0.1) is 10.1 Å². The number of hydrazine groups is 1. The third-order valence-electron chi connectivity index (χ3n) is 4.70. The van der Waals surface area contributed by atoms with Crippen molar-refractivity contribution in [2.24, 2.45) is 0 Å². The van der Waals surface area contributed by atoms with Gasteiger partial charge in [-0.1, -0.05) is 13.3 Å². The Labute approximate surface area is 196 Å². The first-order valence-corrected chi connectivity index (χ1v) is 10.2. The summed E-state index contributed by atoms with van der Waals surface area (Å²) in [5.41, 5.74) is 3.49. The Morgan fingerprint density at radius 2 is 1.53 bits per heavy atom. The number of unbranched alkanes of at least 4 members (excludes halogenated alkanes) is 1. The molecule has 2 amide bonds. The molecule has 0 aliphatic rings. The van der Waals surface area contributed by atoms with Crippen LogP contribution in [0.3, 0.4) is 0 Å². The predicted octanol–water partition coefficient (Wildman–Crippen LogP) is 2.88. The summed E-state index contributed by atoms with van der Waals surface area (Å²) in [7, 11) is 5.21. The number of nitrogens with one attached hydrogen (secondary N) is 2. The highest BCUT2D eigenvalue weighted by Crippen LogP contribution is 2.46. The highest BCUT2D eigenvalue weighted by Gasteiger charge is 2.32. The van der Waals surface area contributed by atoms with E-state index in [0.29, 0.717) is 18.1 Å². The third kappa shape index (κ3) is 5.77. The molecule has 0 spiro atoms. The van der Waals surface area contributed by atoms with Crippen LogP contribution in [0.25, 0.3) is 0 Å². The molecule has 0 aliphatic heterocycles. The van der Waals surface area contributed by atoms with Crippen LogP contribution in [0.1, 0.15) is 40.5 Å². The van der Waals surface area contributed by atoms with Gasteiger partial charge in [0.15, 0.2) is 17.2 Å². The molecule has 2 rings (SSSR count). The lowest BCUT2D eigenvalue weighted by atomic mass is 10.1. The quantitative estimate of drug-likeness (QED) is 0.283. The largest absolute Gasteiger partial charge is 0.493 e. The molecule has 12 nitrogen and oxygen atoms in total. The van der Waals surface area contributed by atoms with E-state index < -0.39 is 28.0 Å². The van der Waals surface area contributed by atoms with Crippen LogP contribution in [-0.2, 0) is 0 Å². The average Bonchev–Trinajstić information content (AvgIpc) is 2.85. The smallest absolute Gasteiger partial charge is 0.327 e. The molecule has 0 atom stereocenters. The van der Waals surface area contributed by atoms with Gasteiger partial charge in [0.1, 0.15) is 5.56 Å². The molecule has 2 aromatic carbocycles. The van der Waals surface area contributed by atoms with Crippen LogP contribution < -0.4 is 34.5 Å². The molecule has 0 radical (unpaired) electrons. The fourth-order valence-corrected chi connectivity index (χ4v) is 3.00. The van der Waals surface area contributed by atoms with Crippen molar-refractivity contribution in [3.8, 4) is 28.7 Å². The van der Waals surface area contributed by atoms with E-state index in [2.05, 4.69) is 10.9 Å². The molecule has 0 bridgehead atoms. The number of nitro benzene ring substituents is 1. The molecule has 0 unspecified atom stereocenters. The van der Waals surface area contributed by atoms with Gasteiger partial charge in [0.25, 0.3) is 11.8 Å². The minimum absolute atomic E-state index is 0.0322. The molecule has 0 fully saturated rings. The number of rotatable bonds is 11. The van der Waals surface area contributed by atoms with Gasteiger partial charge in [-0.05, 0) is 24.6 Å². The van der Waals surface area contributed by atoms with Crippen molar-refractivity contribution >= 4 is 17.5 Å². The Morgan fingerprint density at radius 1 is 0.882 bits per heavy atom. The number of hydrogen-bond donors (Lipinski definition) is 2. The zero-order valence-electron chi connectivity index (χ0n) is 19.6. The molecule has 0 heterocycles. The number of hydrogen-bond acceptors (Lipinski definition) is 9. The lowest BCUT2D eigenvalue weighted by Crippen LogP contribution is -2.41. The van der Waals surface area contributed by atoms with E-state index in [-0.39, 0.29) is 22.8 Å². The molecule has 34 heavy (non-hydrogen) atoms. The molecule has 2 N–H and O–H groups in total. The minimum Gasteiger partial charge on any atom is -0.493 e. The zero-order valence-corrected chi connectivity index (χ0v) is 19.6. The lowest BCUT2D eigenvalue weighted by Gasteiger charge is -2.15. The molecule has 184 valence electrons. The summed E-state index contributed by atoms with van der Waals surface area (Å²) in [6.07, 6.45) is 1.83. The van der Waals surface area contributed by atoms with E-state index in [1.807, 2.05) is 6.92 Å². The average molecular weight is 477 g/mol. The summed E-state index contributed by atoms with van der Waals surface area (Å²) in [5.74, 6) is -1.14. The molecule has 0 saturated carbocycles. The molecular weight excluding hydrogens is 450 g/mol. The summed E-state index contributed by atoms with van der Waals surface area (Å²) in [5, 5.41) is 11.7. The number of nitrogens with zero attached hydrogens (tertiary/aromatic N) is 1. The van der Waals surface area contributed by atoms with Crippen molar-refractivity contribution in [2.45, 2.75) is 19.8 Å². The maximum atomic E-state index is 12.7. The first-order valence-electron chi connectivity index (χ1n) is 10.2. The second kappa shape index (κ2) is 12.1. The summed E-state index contributed by atoms with van der Waals surface area (Å²) < 4.78 is 26.3. The molecule has 2 aromatic rings. The number of nitro groups is 1. The molecule has 0 aromatic heterocycles. The van der Waals surface area contributed by atoms with Gasteiger partial charge in [-0.15, -0.1) is 0 Å². The van der Waals surface area contributed by atoms with Crippen LogP contribution in [0.2, 0.25) is 0 Å². The Balaban J connectivity index is 2.25. The van der Waals surface area contributed by atoms with Crippen molar-refractivity contribution in [2.75, 3.05) is 35.0 Å². The fraction of sp³-hybridized carbons (Fsp3) is 0.364. The summed E-state index contributed by atoms with van der Waals surface area (Å²) in [6.45, 7) is 2.54. The van der Waals surface area contributed by atoms with Crippen molar-refractivity contribution in [3.05, 3.63) is 45.5 Å². The molecule has 0 aliphatic carbocycles. The number of carbonyl (C=O) groups excluding carboxylic acids is 2. The number of amides is 2. The van der Waals surface area contributed by atoms with Crippen LogP contribution in [0.15, 0.2) is 24.3 Å². The molecule has 0 saturated heterocycles. The number of carbonyl (C=O) groups is 2. The highest BCUT2D eigenvalue weighted by molar-refractivity contribution is 6.03. The minimum atomic E-state index is -0.967. The van der Waals surface area contributed by atoms with E-state index >= 15 is 0 Å². The molecule has 12 heteroatoms. The summed E-state index contributed by atoms with van der Waals surface area (Å²) in [6, 6.07) is 5.64.